The van der Waals surface area contributed by atoms with Crippen molar-refractivity contribution in [1.29, 1.82) is 5.26 Å². The van der Waals surface area contributed by atoms with Crippen molar-refractivity contribution in [3.8, 4) is 6.07 Å². The maximum atomic E-state index is 11.5. The van der Waals surface area contributed by atoms with E-state index in [4.69, 9.17) is 11.0 Å². The summed E-state index contributed by atoms with van der Waals surface area (Å²) < 4.78 is 0. The summed E-state index contributed by atoms with van der Waals surface area (Å²) >= 11 is 0. The topological polar surface area (TPSA) is 90.9 Å². The summed E-state index contributed by atoms with van der Waals surface area (Å²) in [7, 11) is 0. The van der Waals surface area contributed by atoms with E-state index < -0.39 is 0 Å². The number of carbonyl (C=O) groups excluding carboxylic acids is 1. The van der Waals surface area contributed by atoms with Crippen LogP contribution in [0.15, 0.2) is 18.2 Å². The Morgan fingerprint density at radius 2 is 2.26 bits per heavy atom. The summed E-state index contributed by atoms with van der Waals surface area (Å²) in [6, 6.07) is 7.62. The van der Waals surface area contributed by atoms with Crippen LogP contribution in [0.3, 0.4) is 0 Å². The predicted octanol–water partition coefficient (Wildman–Crippen LogP) is 1.61. The zero-order valence-corrected chi connectivity index (χ0v) is 10.8. The number of nitrogens with two attached hydrogens (primary N) is 1. The van der Waals surface area contributed by atoms with Gasteiger partial charge in [-0.05, 0) is 37.5 Å². The van der Waals surface area contributed by atoms with Crippen molar-refractivity contribution in [3.63, 3.8) is 0 Å². The van der Waals surface area contributed by atoms with Gasteiger partial charge < -0.3 is 16.4 Å². The molecule has 0 spiro atoms. The van der Waals surface area contributed by atoms with E-state index in [1.54, 1.807) is 18.2 Å². The van der Waals surface area contributed by atoms with E-state index in [1.807, 2.05) is 6.07 Å². The maximum Gasteiger partial charge on any atom is 0.220 e. The Morgan fingerprint density at radius 3 is 2.89 bits per heavy atom. The number of hydrogen-bond acceptors (Lipinski definition) is 4. The van der Waals surface area contributed by atoms with Crippen molar-refractivity contribution >= 4 is 17.3 Å². The van der Waals surface area contributed by atoms with Gasteiger partial charge in [0, 0.05) is 19.0 Å². The zero-order chi connectivity index (χ0) is 13.7. The molecule has 100 valence electrons. The Balaban J connectivity index is 1.70. The molecule has 1 saturated carbocycles. The van der Waals surface area contributed by atoms with E-state index in [0.717, 1.165) is 24.9 Å². The lowest BCUT2D eigenvalue weighted by atomic mass is 10.2. The molecular formula is C14H18N4O. The van der Waals surface area contributed by atoms with Crippen LogP contribution in [0.5, 0.6) is 0 Å². The van der Waals surface area contributed by atoms with Crippen molar-refractivity contribution in [2.24, 2.45) is 0 Å². The Morgan fingerprint density at radius 1 is 1.47 bits per heavy atom. The van der Waals surface area contributed by atoms with Crippen molar-refractivity contribution in [2.75, 3.05) is 17.6 Å². The van der Waals surface area contributed by atoms with Gasteiger partial charge in [0.1, 0.15) is 0 Å². The molecule has 0 unspecified atom stereocenters. The van der Waals surface area contributed by atoms with Gasteiger partial charge in [-0.1, -0.05) is 0 Å². The highest BCUT2D eigenvalue weighted by Crippen LogP contribution is 2.20. The van der Waals surface area contributed by atoms with Crippen LogP contribution >= 0.6 is 0 Å². The Hall–Kier alpha value is -2.22. The Bertz CT molecular complexity index is 503. The highest BCUT2D eigenvalue weighted by molar-refractivity contribution is 5.76. The molecule has 1 aliphatic rings. The molecule has 1 aromatic rings. The minimum Gasteiger partial charge on any atom is -0.397 e. The molecule has 1 aliphatic carbocycles. The molecule has 2 rings (SSSR count). The van der Waals surface area contributed by atoms with Crippen molar-refractivity contribution in [3.05, 3.63) is 23.8 Å². The predicted molar refractivity (Wildman–Crippen MR) is 74.5 cm³/mol. The van der Waals surface area contributed by atoms with E-state index in [1.165, 1.54) is 0 Å². The molecule has 4 N–H and O–H groups in total. The highest BCUT2D eigenvalue weighted by Gasteiger charge is 2.22. The average Bonchev–Trinajstić information content (AvgIpc) is 3.20. The second-order valence-electron chi connectivity index (χ2n) is 4.79. The lowest BCUT2D eigenvalue weighted by Crippen LogP contribution is -2.25. The van der Waals surface area contributed by atoms with Crippen molar-refractivity contribution in [1.82, 2.24) is 5.32 Å². The van der Waals surface area contributed by atoms with Gasteiger partial charge in [0.15, 0.2) is 0 Å². The largest absolute Gasteiger partial charge is 0.397 e. The fourth-order valence-corrected chi connectivity index (χ4v) is 1.79. The van der Waals surface area contributed by atoms with Crippen LogP contribution in [0.2, 0.25) is 0 Å². The summed E-state index contributed by atoms with van der Waals surface area (Å²) in [6.45, 7) is 0.689. The summed E-state index contributed by atoms with van der Waals surface area (Å²) in [5.41, 5.74) is 7.73. The molecule has 0 aliphatic heterocycles. The second-order valence-corrected chi connectivity index (χ2v) is 4.79. The molecule has 0 heterocycles. The standard InChI is InChI=1S/C14H18N4O/c15-9-10-3-6-13(12(16)8-10)17-7-1-2-14(19)18-11-4-5-11/h3,6,8,11,17H,1-2,4-5,7,16H2,(H,18,19). The average molecular weight is 258 g/mol. The third-order valence-electron chi connectivity index (χ3n) is 3.02. The highest BCUT2D eigenvalue weighted by atomic mass is 16.1. The molecule has 0 atom stereocenters. The van der Waals surface area contributed by atoms with Gasteiger partial charge in [-0.15, -0.1) is 0 Å². The SMILES string of the molecule is N#Cc1ccc(NCCCC(=O)NC2CC2)c(N)c1. The number of nitrogens with one attached hydrogen (secondary N) is 2. The third kappa shape index (κ3) is 4.18. The second kappa shape index (κ2) is 6.10. The lowest BCUT2D eigenvalue weighted by Gasteiger charge is -2.09. The van der Waals surface area contributed by atoms with Crippen LogP contribution in [0.1, 0.15) is 31.2 Å². The first-order valence-corrected chi connectivity index (χ1v) is 6.52. The quantitative estimate of drug-likeness (QED) is 0.534. The van der Waals surface area contributed by atoms with E-state index in [0.29, 0.717) is 30.3 Å². The third-order valence-corrected chi connectivity index (χ3v) is 3.02. The first-order valence-electron chi connectivity index (χ1n) is 6.52. The molecule has 5 nitrogen and oxygen atoms in total. The van der Waals surface area contributed by atoms with Crippen LogP contribution in [0, 0.1) is 11.3 Å². The van der Waals surface area contributed by atoms with Gasteiger partial charge in [-0.3, -0.25) is 4.79 Å². The summed E-state index contributed by atoms with van der Waals surface area (Å²) in [5.74, 6) is 0.122. The van der Waals surface area contributed by atoms with Crippen LogP contribution in [0.25, 0.3) is 0 Å². The monoisotopic (exact) mass is 258 g/mol. The maximum absolute atomic E-state index is 11.5. The van der Waals surface area contributed by atoms with Gasteiger partial charge in [-0.2, -0.15) is 5.26 Å². The van der Waals surface area contributed by atoms with Crippen LogP contribution < -0.4 is 16.4 Å². The van der Waals surface area contributed by atoms with Crippen molar-refractivity contribution in [2.45, 2.75) is 31.7 Å². The number of benzene rings is 1. The Labute approximate surface area is 112 Å². The number of anilines is 2. The molecule has 1 fully saturated rings. The van der Waals surface area contributed by atoms with Gasteiger partial charge in [0.25, 0.3) is 0 Å². The van der Waals surface area contributed by atoms with Gasteiger partial charge >= 0.3 is 0 Å². The fourth-order valence-electron chi connectivity index (χ4n) is 1.79. The first kappa shape index (κ1) is 13.2. The van der Waals surface area contributed by atoms with Crippen LogP contribution in [-0.2, 0) is 4.79 Å². The normalized spacial score (nSPS) is 13.6. The molecule has 19 heavy (non-hydrogen) atoms. The molecular weight excluding hydrogens is 240 g/mol. The molecule has 1 aromatic carbocycles. The molecule has 5 heteroatoms. The number of nitriles is 1. The smallest absolute Gasteiger partial charge is 0.220 e. The van der Waals surface area contributed by atoms with Crippen LogP contribution in [0.4, 0.5) is 11.4 Å². The van der Waals surface area contributed by atoms with Crippen molar-refractivity contribution < 1.29 is 4.79 Å². The summed E-state index contributed by atoms with van der Waals surface area (Å²) in [4.78, 5) is 11.5. The molecule has 0 bridgehead atoms. The summed E-state index contributed by atoms with van der Waals surface area (Å²) in [6.07, 6.45) is 3.52. The van der Waals surface area contributed by atoms with E-state index in [-0.39, 0.29) is 5.91 Å². The number of carbonyl (C=O) groups is 1. The van der Waals surface area contributed by atoms with Gasteiger partial charge in [0.05, 0.1) is 23.0 Å². The number of hydrogen-bond donors (Lipinski definition) is 3. The minimum atomic E-state index is 0.122. The number of nitrogen functional groups attached to an aromatic ring is 1. The molecule has 0 saturated heterocycles. The minimum absolute atomic E-state index is 0.122. The zero-order valence-electron chi connectivity index (χ0n) is 10.8. The van der Waals surface area contributed by atoms with E-state index in [9.17, 15) is 4.79 Å². The first-order chi connectivity index (χ1) is 9.19. The fraction of sp³-hybridized carbons (Fsp3) is 0.429. The van der Waals surface area contributed by atoms with Gasteiger partial charge in [-0.25, -0.2) is 0 Å². The molecule has 1 amide bonds. The number of rotatable bonds is 6. The Kier molecular flexibility index (Phi) is 4.24. The summed E-state index contributed by atoms with van der Waals surface area (Å²) in [5, 5.41) is 14.9. The molecule has 0 radical (unpaired) electrons. The van der Waals surface area contributed by atoms with Crippen LogP contribution in [-0.4, -0.2) is 18.5 Å². The van der Waals surface area contributed by atoms with E-state index in [2.05, 4.69) is 10.6 Å². The van der Waals surface area contributed by atoms with E-state index >= 15 is 0 Å². The molecule has 0 aromatic heterocycles. The number of nitrogens with zero attached hydrogens (tertiary/aromatic N) is 1. The number of amides is 1. The lowest BCUT2D eigenvalue weighted by molar-refractivity contribution is -0.121. The van der Waals surface area contributed by atoms with Gasteiger partial charge in [0.2, 0.25) is 5.91 Å².